The number of nitrogens with zero attached hydrogens (tertiary/aromatic N) is 2. The van der Waals surface area contributed by atoms with Crippen molar-refractivity contribution in [2.75, 3.05) is 6.61 Å². The highest BCUT2D eigenvalue weighted by molar-refractivity contribution is 9.10. The molecule has 0 N–H and O–H groups in total. The molecule has 1 aromatic carbocycles. The monoisotopic (exact) mass is 390 g/mol. The van der Waals surface area contributed by atoms with E-state index >= 15 is 0 Å². The van der Waals surface area contributed by atoms with E-state index in [1.807, 2.05) is 24.3 Å². The molecule has 0 saturated heterocycles. The summed E-state index contributed by atoms with van der Waals surface area (Å²) in [4.78, 5) is 8.60. The van der Waals surface area contributed by atoms with Crippen molar-refractivity contribution in [2.24, 2.45) is 0 Å². The van der Waals surface area contributed by atoms with Gasteiger partial charge in [-0.2, -0.15) is 0 Å². The quantitative estimate of drug-likeness (QED) is 0.414. The molecule has 0 amide bonds. The summed E-state index contributed by atoms with van der Waals surface area (Å²) in [5.41, 5.74) is 1.00. The molecule has 0 fully saturated rings. The van der Waals surface area contributed by atoms with Crippen LogP contribution in [-0.4, -0.2) is 16.6 Å². The fraction of sp³-hybridized carbons (Fsp3) is 0.500. The molecule has 0 saturated carbocycles. The number of hydrogen-bond donors (Lipinski definition) is 0. The van der Waals surface area contributed by atoms with Gasteiger partial charge in [-0.25, -0.2) is 9.97 Å². The summed E-state index contributed by atoms with van der Waals surface area (Å²) in [5, 5.41) is 0. The van der Waals surface area contributed by atoms with Gasteiger partial charge in [-0.1, -0.05) is 51.9 Å². The first-order valence-electron chi connectivity index (χ1n) is 9.00. The van der Waals surface area contributed by atoms with Gasteiger partial charge in [0.05, 0.1) is 11.1 Å². The standard InChI is InChI=1S/C20H27BrN2O/c1-2-3-4-5-6-7-8-9-14-24-19-12-10-17(11-13-19)20-22-15-18(21)16-23-20/h10-13,15-16H,2-9,14H2,1H3. The lowest BCUT2D eigenvalue weighted by Gasteiger charge is -2.07. The highest BCUT2D eigenvalue weighted by Gasteiger charge is 2.01. The molecule has 0 bridgehead atoms. The summed E-state index contributed by atoms with van der Waals surface area (Å²) in [7, 11) is 0. The van der Waals surface area contributed by atoms with Crippen LogP contribution in [0, 0.1) is 0 Å². The van der Waals surface area contributed by atoms with Crippen molar-refractivity contribution in [1.82, 2.24) is 9.97 Å². The van der Waals surface area contributed by atoms with Gasteiger partial charge in [-0.15, -0.1) is 0 Å². The van der Waals surface area contributed by atoms with Crippen molar-refractivity contribution < 1.29 is 4.74 Å². The van der Waals surface area contributed by atoms with Gasteiger partial charge in [0.15, 0.2) is 5.82 Å². The normalized spacial score (nSPS) is 10.8. The first-order valence-corrected chi connectivity index (χ1v) is 9.79. The van der Waals surface area contributed by atoms with Gasteiger partial charge in [0.25, 0.3) is 0 Å². The molecule has 4 heteroatoms. The minimum atomic E-state index is 0.729. The van der Waals surface area contributed by atoms with Gasteiger partial charge in [-0.05, 0) is 46.6 Å². The topological polar surface area (TPSA) is 35.0 Å². The lowest BCUT2D eigenvalue weighted by molar-refractivity contribution is 0.304. The molecule has 3 nitrogen and oxygen atoms in total. The highest BCUT2D eigenvalue weighted by atomic mass is 79.9. The molecule has 24 heavy (non-hydrogen) atoms. The molecular weight excluding hydrogens is 364 g/mol. The number of ether oxygens (including phenoxy) is 1. The second kappa shape index (κ2) is 11.2. The molecule has 0 atom stereocenters. The minimum Gasteiger partial charge on any atom is -0.494 e. The molecular formula is C20H27BrN2O. The third-order valence-corrected chi connectivity index (χ3v) is 4.41. The number of unbranched alkanes of at least 4 members (excludes halogenated alkanes) is 7. The number of benzene rings is 1. The minimum absolute atomic E-state index is 0.729. The predicted molar refractivity (Wildman–Crippen MR) is 103 cm³/mol. The van der Waals surface area contributed by atoms with Crippen LogP contribution in [-0.2, 0) is 0 Å². The average Bonchev–Trinajstić information content (AvgIpc) is 2.62. The molecule has 0 unspecified atom stereocenters. The molecule has 0 aliphatic carbocycles. The zero-order chi connectivity index (χ0) is 17.0. The fourth-order valence-electron chi connectivity index (χ4n) is 2.59. The van der Waals surface area contributed by atoms with Gasteiger partial charge in [0.1, 0.15) is 5.75 Å². The Kier molecular flexibility index (Phi) is 8.82. The lowest BCUT2D eigenvalue weighted by atomic mass is 10.1. The Bertz CT molecular complexity index is 569. The van der Waals surface area contributed by atoms with E-state index in [-0.39, 0.29) is 0 Å². The van der Waals surface area contributed by atoms with E-state index in [4.69, 9.17) is 4.74 Å². The van der Waals surface area contributed by atoms with E-state index in [9.17, 15) is 0 Å². The van der Waals surface area contributed by atoms with Crippen LogP contribution in [0.2, 0.25) is 0 Å². The Morgan fingerprint density at radius 1 is 0.833 bits per heavy atom. The summed E-state index contributed by atoms with van der Waals surface area (Å²) in [6.45, 7) is 3.05. The molecule has 130 valence electrons. The SMILES string of the molecule is CCCCCCCCCCOc1ccc(-c2ncc(Br)cn2)cc1. The lowest BCUT2D eigenvalue weighted by Crippen LogP contribution is -1.97. The van der Waals surface area contributed by atoms with Crippen LogP contribution in [0.1, 0.15) is 58.3 Å². The molecule has 0 spiro atoms. The predicted octanol–water partition coefficient (Wildman–Crippen LogP) is 6.43. The maximum Gasteiger partial charge on any atom is 0.159 e. The van der Waals surface area contributed by atoms with Crippen LogP contribution in [0.25, 0.3) is 11.4 Å². The Labute approximate surface area is 154 Å². The van der Waals surface area contributed by atoms with Crippen molar-refractivity contribution in [2.45, 2.75) is 58.3 Å². The molecule has 1 heterocycles. The van der Waals surface area contributed by atoms with E-state index in [0.29, 0.717) is 0 Å². The summed E-state index contributed by atoms with van der Waals surface area (Å²) in [6.07, 6.45) is 14.1. The number of aromatic nitrogens is 2. The van der Waals surface area contributed by atoms with Gasteiger partial charge in [0.2, 0.25) is 0 Å². The Hall–Kier alpha value is -1.42. The fourth-order valence-corrected chi connectivity index (χ4v) is 2.79. The zero-order valence-electron chi connectivity index (χ0n) is 14.5. The first-order chi connectivity index (χ1) is 11.8. The van der Waals surface area contributed by atoms with Crippen LogP contribution in [0.3, 0.4) is 0 Å². The molecule has 0 radical (unpaired) electrons. The highest BCUT2D eigenvalue weighted by Crippen LogP contribution is 2.20. The summed E-state index contributed by atoms with van der Waals surface area (Å²) < 4.78 is 6.70. The smallest absolute Gasteiger partial charge is 0.159 e. The molecule has 0 aliphatic rings. The summed E-state index contributed by atoms with van der Waals surface area (Å²) >= 11 is 3.35. The first kappa shape index (κ1) is 18.9. The third kappa shape index (κ3) is 7.00. The van der Waals surface area contributed by atoms with Crippen LogP contribution in [0.5, 0.6) is 5.75 Å². The molecule has 0 aliphatic heterocycles. The van der Waals surface area contributed by atoms with Crippen LogP contribution in [0.15, 0.2) is 41.1 Å². The van der Waals surface area contributed by atoms with Gasteiger partial charge in [-0.3, -0.25) is 0 Å². The maximum absolute atomic E-state index is 5.81. The van der Waals surface area contributed by atoms with E-state index in [0.717, 1.165) is 34.6 Å². The van der Waals surface area contributed by atoms with E-state index in [1.165, 1.54) is 44.9 Å². The number of rotatable bonds is 11. The second-order valence-electron chi connectivity index (χ2n) is 6.07. The largest absolute Gasteiger partial charge is 0.494 e. The van der Waals surface area contributed by atoms with E-state index in [1.54, 1.807) is 12.4 Å². The zero-order valence-corrected chi connectivity index (χ0v) is 16.1. The van der Waals surface area contributed by atoms with Crippen molar-refractivity contribution in [3.63, 3.8) is 0 Å². The van der Waals surface area contributed by atoms with E-state index < -0.39 is 0 Å². The van der Waals surface area contributed by atoms with Gasteiger partial charge < -0.3 is 4.74 Å². The van der Waals surface area contributed by atoms with E-state index in [2.05, 4.69) is 32.8 Å². The number of halogens is 1. The van der Waals surface area contributed by atoms with Gasteiger partial charge >= 0.3 is 0 Å². The van der Waals surface area contributed by atoms with Crippen molar-refractivity contribution in [3.05, 3.63) is 41.1 Å². The Balaban J connectivity index is 1.63. The summed E-state index contributed by atoms with van der Waals surface area (Å²) in [6, 6.07) is 8.00. The van der Waals surface area contributed by atoms with Crippen molar-refractivity contribution in [1.29, 1.82) is 0 Å². The van der Waals surface area contributed by atoms with Crippen molar-refractivity contribution in [3.8, 4) is 17.1 Å². The number of hydrogen-bond acceptors (Lipinski definition) is 3. The molecule has 2 aromatic rings. The Morgan fingerprint density at radius 3 is 2.04 bits per heavy atom. The maximum atomic E-state index is 5.81. The van der Waals surface area contributed by atoms with Crippen molar-refractivity contribution >= 4 is 15.9 Å². The van der Waals surface area contributed by atoms with Crippen LogP contribution in [0.4, 0.5) is 0 Å². The molecule has 2 rings (SSSR count). The summed E-state index contributed by atoms with van der Waals surface area (Å²) in [5.74, 6) is 1.65. The third-order valence-electron chi connectivity index (χ3n) is 4.00. The second-order valence-corrected chi connectivity index (χ2v) is 6.99. The Morgan fingerprint density at radius 2 is 1.42 bits per heavy atom. The van der Waals surface area contributed by atoms with Crippen LogP contribution < -0.4 is 4.74 Å². The van der Waals surface area contributed by atoms with Crippen LogP contribution >= 0.6 is 15.9 Å². The molecule has 1 aromatic heterocycles. The average molecular weight is 391 g/mol. The van der Waals surface area contributed by atoms with Gasteiger partial charge in [0, 0.05) is 18.0 Å².